The Hall–Kier alpha value is -2.20. The van der Waals surface area contributed by atoms with E-state index in [0.717, 1.165) is 25.9 Å². The molecule has 2 saturated heterocycles. The van der Waals surface area contributed by atoms with E-state index in [9.17, 15) is 9.18 Å². The summed E-state index contributed by atoms with van der Waals surface area (Å²) in [6.07, 6.45) is 8.79. The monoisotopic (exact) mass is 406 g/mol. The summed E-state index contributed by atoms with van der Waals surface area (Å²) in [4.78, 5) is 17.4. The van der Waals surface area contributed by atoms with E-state index < -0.39 is 0 Å². The zero-order chi connectivity index (χ0) is 20.6. The summed E-state index contributed by atoms with van der Waals surface area (Å²) >= 11 is 0. The molecule has 1 atom stereocenters. The number of piperidine rings is 1. The summed E-state index contributed by atoms with van der Waals surface area (Å²) in [5, 5.41) is 0. The Morgan fingerprint density at radius 3 is 2.37 bits per heavy atom. The minimum Gasteiger partial charge on any atom is -0.339 e. The minimum absolute atomic E-state index is 0.0417. The number of nitrogens with zero attached hydrogens (tertiary/aromatic N) is 2. The number of likely N-dealkylation sites (tertiary alicyclic amines) is 2. The lowest BCUT2D eigenvalue weighted by Crippen LogP contribution is -2.63. The van der Waals surface area contributed by atoms with Crippen LogP contribution in [-0.2, 0) is 0 Å². The first-order valence-corrected chi connectivity index (χ1v) is 11.5. The first-order valence-electron chi connectivity index (χ1n) is 11.5. The van der Waals surface area contributed by atoms with Crippen molar-refractivity contribution in [2.45, 2.75) is 57.0 Å². The van der Waals surface area contributed by atoms with E-state index in [1.54, 1.807) is 12.1 Å². The fraction of sp³-hybridized carbons (Fsp3) is 0.500. The Bertz CT molecular complexity index is 885. The fourth-order valence-electron chi connectivity index (χ4n) is 6.19. The number of rotatable bonds is 3. The predicted octanol–water partition coefficient (Wildman–Crippen LogP) is 5.44. The number of carbonyl (C=O) groups is 1. The lowest BCUT2D eigenvalue weighted by atomic mass is 9.60. The van der Waals surface area contributed by atoms with Gasteiger partial charge in [0.15, 0.2) is 0 Å². The maximum Gasteiger partial charge on any atom is 0.253 e. The molecular formula is C26H31FN2O. The van der Waals surface area contributed by atoms with Crippen molar-refractivity contribution >= 4 is 5.91 Å². The zero-order valence-corrected chi connectivity index (χ0v) is 17.6. The molecule has 0 N–H and O–H groups in total. The van der Waals surface area contributed by atoms with Crippen LogP contribution < -0.4 is 0 Å². The summed E-state index contributed by atoms with van der Waals surface area (Å²) in [6.45, 7) is 2.71. The van der Waals surface area contributed by atoms with Crippen molar-refractivity contribution in [2.75, 3.05) is 19.6 Å². The number of hydrogen-bond donors (Lipinski definition) is 0. The van der Waals surface area contributed by atoms with Crippen molar-refractivity contribution in [1.82, 2.24) is 9.80 Å². The molecule has 2 aromatic carbocycles. The van der Waals surface area contributed by atoms with Gasteiger partial charge in [-0.25, -0.2) is 4.39 Å². The van der Waals surface area contributed by atoms with Crippen LogP contribution in [-0.4, -0.2) is 41.4 Å². The number of halogens is 1. The van der Waals surface area contributed by atoms with Gasteiger partial charge in [-0.05, 0) is 49.4 Å². The number of hydrogen-bond acceptors (Lipinski definition) is 2. The van der Waals surface area contributed by atoms with Gasteiger partial charge in [-0.2, -0.15) is 0 Å². The molecule has 0 radical (unpaired) electrons. The van der Waals surface area contributed by atoms with Crippen molar-refractivity contribution in [3.63, 3.8) is 0 Å². The molecule has 4 heteroatoms. The predicted molar refractivity (Wildman–Crippen MR) is 117 cm³/mol. The van der Waals surface area contributed by atoms with Gasteiger partial charge in [0.2, 0.25) is 0 Å². The fourth-order valence-corrected chi connectivity index (χ4v) is 6.19. The molecule has 1 saturated carbocycles. The van der Waals surface area contributed by atoms with E-state index in [1.165, 1.54) is 56.3 Å². The third kappa shape index (κ3) is 3.56. The van der Waals surface area contributed by atoms with Crippen molar-refractivity contribution in [1.29, 1.82) is 0 Å². The van der Waals surface area contributed by atoms with Gasteiger partial charge in [0.1, 0.15) is 5.82 Å². The summed E-state index contributed by atoms with van der Waals surface area (Å²) in [5.74, 6) is -0.389. The van der Waals surface area contributed by atoms with E-state index in [0.29, 0.717) is 23.1 Å². The van der Waals surface area contributed by atoms with Gasteiger partial charge in [0.25, 0.3) is 5.91 Å². The molecule has 3 nitrogen and oxygen atoms in total. The Balaban J connectivity index is 1.28. The average molecular weight is 407 g/mol. The Morgan fingerprint density at radius 2 is 1.67 bits per heavy atom. The maximum atomic E-state index is 13.5. The van der Waals surface area contributed by atoms with E-state index in [4.69, 9.17) is 0 Å². The highest BCUT2D eigenvalue weighted by Crippen LogP contribution is 2.58. The SMILES string of the molecule is O=C(c1cccc(F)c1)N1CCC(N2CC3(CCCCC3)C2c2ccccc2)CC1. The highest BCUT2D eigenvalue weighted by atomic mass is 19.1. The summed E-state index contributed by atoms with van der Waals surface area (Å²) in [5.41, 5.74) is 2.37. The van der Waals surface area contributed by atoms with Crippen molar-refractivity contribution in [2.24, 2.45) is 5.41 Å². The quantitative estimate of drug-likeness (QED) is 0.678. The average Bonchev–Trinajstić information content (AvgIpc) is 2.79. The van der Waals surface area contributed by atoms with Crippen LogP contribution in [0.25, 0.3) is 0 Å². The number of benzene rings is 2. The van der Waals surface area contributed by atoms with E-state index in [1.807, 2.05) is 4.90 Å². The summed E-state index contributed by atoms with van der Waals surface area (Å²) in [6, 6.07) is 18.2. The van der Waals surface area contributed by atoms with Crippen LogP contribution in [0.4, 0.5) is 4.39 Å². The van der Waals surface area contributed by atoms with Gasteiger partial charge in [-0.1, -0.05) is 55.7 Å². The van der Waals surface area contributed by atoms with Crippen LogP contribution in [0.5, 0.6) is 0 Å². The van der Waals surface area contributed by atoms with Gasteiger partial charge >= 0.3 is 0 Å². The molecule has 2 heterocycles. The molecule has 5 rings (SSSR count). The van der Waals surface area contributed by atoms with Crippen LogP contribution >= 0.6 is 0 Å². The van der Waals surface area contributed by atoms with Crippen molar-refractivity contribution in [3.05, 3.63) is 71.5 Å². The summed E-state index contributed by atoms with van der Waals surface area (Å²) in [7, 11) is 0. The Kier molecular flexibility index (Phi) is 5.36. The smallest absolute Gasteiger partial charge is 0.253 e. The van der Waals surface area contributed by atoms with Gasteiger partial charge in [0, 0.05) is 42.7 Å². The molecule has 30 heavy (non-hydrogen) atoms. The molecule has 0 aromatic heterocycles. The molecule has 3 fully saturated rings. The topological polar surface area (TPSA) is 23.6 Å². The summed E-state index contributed by atoms with van der Waals surface area (Å²) < 4.78 is 13.5. The van der Waals surface area contributed by atoms with Crippen LogP contribution in [0.1, 0.15) is 66.9 Å². The second-order valence-corrected chi connectivity index (χ2v) is 9.44. The molecule has 1 spiro atoms. The standard InChI is InChI=1S/C26H31FN2O/c27-22-11-7-10-21(18-22)25(30)28-16-12-23(13-17-28)29-19-26(14-5-2-6-15-26)24(29)20-8-3-1-4-9-20/h1,3-4,7-11,18,23-24H,2,5-6,12-17,19H2. The van der Waals surface area contributed by atoms with Crippen LogP contribution in [0.15, 0.2) is 54.6 Å². The first kappa shape index (κ1) is 19.7. The minimum atomic E-state index is -0.347. The molecule has 2 aromatic rings. The highest BCUT2D eigenvalue weighted by molar-refractivity contribution is 5.94. The van der Waals surface area contributed by atoms with Gasteiger partial charge in [-0.3, -0.25) is 9.69 Å². The van der Waals surface area contributed by atoms with Crippen LogP contribution in [0, 0.1) is 11.2 Å². The van der Waals surface area contributed by atoms with Gasteiger partial charge in [-0.15, -0.1) is 0 Å². The molecule has 0 bridgehead atoms. The number of carbonyl (C=O) groups excluding carboxylic acids is 1. The molecular weight excluding hydrogens is 375 g/mol. The molecule has 158 valence electrons. The molecule has 3 aliphatic rings. The van der Waals surface area contributed by atoms with Gasteiger partial charge < -0.3 is 4.90 Å². The van der Waals surface area contributed by atoms with E-state index >= 15 is 0 Å². The van der Waals surface area contributed by atoms with Crippen LogP contribution in [0.2, 0.25) is 0 Å². The molecule has 1 unspecified atom stereocenters. The lowest BCUT2D eigenvalue weighted by Gasteiger charge is -2.63. The van der Waals surface area contributed by atoms with Crippen molar-refractivity contribution < 1.29 is 9.18 Å². The van der Waals surface area contributed by atoms with Crippen LogP contribution in [0.3, 0.4) is 0 Å². The van der Waals surface area contributed by atoms with Crippen molar-refractivity contribution in [3.8, 4) is 0 Å². The third-order valence-electron chi connectivity index (χ3n) is 7.67. The normalized spacial score (nSPS) is 24.6. The molecule has 2 aliphatic heterocycles. The van der Waals surface area contributed by atoms with Gasteiger partial charge in [0.05, 0.1) is 0 Å². The lowest BCUT2D eigenvalue weighted by molar-refractivity contribution is -0.132. The third-order valence-corrected chi connectivity index (χ3v) is 7.67. The second kappa shape index (κ2) is 8.14. The van der Waals surface area contributed by atoms with E-state index in [2.05, 4.69) is 35.2 Å². The number of amides is 1. The maximum absolute atomic E-state index is 13.5. The Labute approximate surface area is 178 Å². The zero-order valence-electron chi connectivity index (χ0n) is 17.6. The van der Waals surface area contributed by atoms with E-state index in [-0.39, 0.29) is 11.7 Å². The molecule has 1 aliphatic carbocycles. The largest absolute Gasteiger partial charge is 0.339 e. The highest BCUT2D eigenvalue weighted by Gasteiger charge is 2.54. The molecule has 1 amide bonds. The second-order valence-electron chi connectivity index (χ2n) is 9.44. The Morgan fingerprint density at radius 1 is 0.933 bits per heavy atom. The first-order chi connectivity index (χ1) is 14.7.